The van der Waals surface area contributed by atoms with Crippen molar-refractivity contribution in [3.05, 3.63) is 24.0 Å². The Morgan fingerprint density at radius 2 is 1.88 bits per heavy atom. The van der Waals surface area contributed by atoms with Gasteiger partial charge in [0, 0.05) is 11.6 Å². The van der Waals surface area contributed by atoms with E-state index in [0.29, 0.717) is 11.3 Å². The molecule has 0 radical (unpaired) electrons. The van der Waals surface area contributed by atoms with Gasteiger partial charge in [0.25, 0.3) is 0 Å². The number of rotatable bonds is 2. The molecule has 0 aliphatic rings. The number of carbonyl (C=O) groups excluding carboxylic acids is 2. The summed E-state index contributed by atoms with van der Waals surface area (Å²) in [5, 5.41) is 5.37. The van der Waals surface area contributed by atoms with E-state index in [1.807, 2.05) is 20.8 Å². The van der Waals surface area contributed by atoms with Crippen LogP contribution >= 0.6 is 0 Å². The lowest BCUT2D eigenvalue weighted by Gasteiger charge is -2.19. The van der Waals surface area contributed by atoms with Gasteiger partial charge in [-0.25, -0.2) is 4.79 Å². The van der Waals surface area contributed by atoms with Gasteiger partial charge in [0.15, 0.2) is 0 Å². The average Bonchev–Trinajstić information content (AvgIpc) is 2.42. The van der Waals surface area contributed by atoms with Crippen LogP contribution in [0, 0.1) is 17.3 Å². The van der Waals surface area contributed by atoms with E-state index in [4.69, 9.17) is 4.74 Å². The van der Waals surface area contributed by atoms with Crippen molar-refractivity contribution in [1.29, 1.82) is 0 Å². The second-order valence-corrected chi connectivity index (χ2v) is 7.28. The molecule has 130 valence electrons. The van der Waals surface area contributed by atoms with Crippen LogP contribution in [0.25, 0.3) is 0 Å². The van der Waals surface area contributed by atoms with Gasteiger partial charge < -0.3 is 15.4 Å². The fourth-order valence-electron chi connectivity index (χ4n) is 1.48. The fourth-order valence-corrected chi connectivity index (χ4v) is 1.48. The van der Waals surface area contributed by atoms with E-state index in [0.717, 1.165) is 0 Å². The van der Waals surface area contributed by atoms with Gasteiger partial charge in [-0.15, -0.1) is 0 Å². The molecule has 0 aromatic carbocycles. The van der Waals surface area contributed by atoms with E-state index in [9.17, 15) is 9.59 Å². The Balaban J connectivity index is 2.70. The Morgan fingerprint density at radius 1 is 1.21 bits per heavy atom. The maximum atomic E-state index is 12.1. The third-order valence-corrected chi connectivity index (χ3v) is 2.69. The molecule has 1 aromatic heterocycles. The van der Waals surface area contributed by atoms with Crippen molar-refractivity contribution < 1.29 is 14.3 Å². The molecule has 6 nitrogen and oxygen atoms in total. The molecule has 0 saturated carbocycles. The first-order valence-electron chi connectivity index (χ1n) is 7.70. The average molecular weight is 331 g/mol. The molecule has 1 aromatic rings. The van der Waals surface area contributed by atoms with Crippen LogP contribution in [0.2, 0.25) is 0 Å². The number of ether oxygens (including phenoxy) is 1. The molecule has 1 rings (SSSR count). The molecular weight excluding hydrogens is 306 g/mol. The Morgan fingerprint density at radius 3 is 2.46 bits per heavy atom. The smallest absolute Gasteiger partial charge is 0.408 e. The monoisotopic (exact) mass is 331 g/mol. The highest BCUT2D eigenvalue weighted by atomic mass is 16.6. The van der Waals surface area contributed by atoms with Crippen LogP contribution < -0.4 is 10.6 Å². The molecular formula is C18H25N3O3. The number of aromatic nitrogens is 1. The normalized spacial score (nSPS) is 11.1. The summed E-state index contributed by atoms with van der Waals surface area (Å²) in [6.07, 6.45) is 2.63. The van der Waals surface area contributed by atoms with Crippen LogP contribution in [-0.2, 0) is 9.53 Å². The molecule has 2 amide bonds. The zero-order valence-electron chi connectivity index (χ0n) is 15.1. The fraction of sp³-hybridized carbons (Fsp3) is 0.500. The Kier molecular flexibility index (Phi) is 6.35. The number of carbonyl (C=O) groups is 2. The zero-order valence-corrected chi connectivity index (χ0v) is 15.1. The minimum Gasteiger partial charge on any atom is -0.444 e. The van der Waals surface area contributed by atoms with E-state index < -0.39 is 17.1 Å². The summed E-state index contributed by atoms with van der Waals surface area (Å²) in [5.41, 5.74) is 0.113. The van der Waals surface area contributed by atoms with Crippen molar-refractivity contribution in [2.24, 2.45) is 5.41 Å². The predicted octanol–water partition coefficient (Wildman–Crippen LogP) is 2.94. The summed E-state index contributed by atoms with van der Waals surface area (Å²) in [5.74, 6) is 5.62. The topological polar surface area (TPSA) is 80.3 Å². The lowest BCUT2D eigenvalue weighted by atomic mass is 9.95. The van der Waals surface area contributed by atoms with Gasteiger partial charge in [-0.1, -0.05) is 32.6 Å². The van der Waals surface area contributed by atoms with Crippen molar-refractivity contribution in [3.8, 4) is 11.8 Å². The highest BCUT2D eigenvalue weighted by Crippen LogP contribution is 2.19. The Labute approximate surface area is 143 Å². The SMILES string of the molecule is CC(C)(C)OC(=O)NCC#Cc1ccncc1NC(=O)C(C)(C)C. The molecule has 0 saturated heterocycles. The number of hydrogen-bond acceptors (Lipinski definition) is 4. The zero-order chi connectivity index (χ0) is 18.4. The van der Waals surface area contributed by atoms with Crippen LogP contribution in [-0.4, -0.2) is 29.1 Å². The molecule has 6 heteroatoms. The van der Waals surface area contributed by atoms with Crippen molar-refractivity contribution in [2.75, 3.05) is 11.9 Å². The number of pyridine rings is 1. The Bertz CT molecular complexity index is 659. The summed E-state index contributed by atoms with van der Waals surface area (Å²) in [4.78, 5) is 27.6. The second-order valence-electron chi connectivity index (χ2n) is 7.28. The van der Waals surface area contributed by atoms with Crippen molar-refractivity contribution in [1.82, 2.24) is 10.3 Å². The number of nitrogens with one attached hydrogen (secondary N) is 2. The maximum Gasteiger partial charge on any atom is 0.408 e. The van der Waals surface area contributed by atoms with Gasteiger partial charge in [0.2, 0.25) is 5.91 Å². The number of nitrogens with zero attached hydrogens (tertiary/aromatic N) is 1. The third kappa shape index (κ3) is 7.14. The third-order valence-electron chi connectivity index (χ3n) is 2.69. The van der Waals surface area contributed by atoms with Crippen LogP contribution in [0.15, 0.2) is 18.5 Å². The van der Waals surface area contributed by atoms with E-state index in [1.54, 1.807) is 39.2 Å². The van der Waals surface area contributed by atoms with Crippen LogP contribution in [0.5, 0.6) is 0 Å². The Hall–Kier alpha value is -2.55. The van der Waals surface area contributed by atoms with Gasteiger partial charge in [-0.3, -0.25) is 9.78 Å². The number of alkyl carbamates (subject to hydrolysis) is 1. The number of anilines is 1. The molecule has 24 heavy (non-hydrogen) atoms. The standard InChI is InChI=1S/C18H25N3O3/c1-17(2,3)15(22)21-14-12-19-11-9-13(14)8-7-10-20-16(23)24-18(4,5)6/h9,11-12H,10H2,1-6H3,(H,20,23)(H,21,22). The van der Waals surface area contributed by atoms with Crippen molar-refractivity contribution >= 4 is 17.7 Å². The summed E-state index contributed by atoms with van der Waals surface area (Å²) in [6, 6.07) is 1.71. The van der Waals surface area contributed by atoms with Gasteiger partial charge >= 0.3 is 6.09 Å². The summed E-state index contributed by atoms with van der Waals surface area (Å²) in [6.45, 7) is 11.0. The van der Waals surface area contributed by atoms with E-state index in [-0.39, 0.29) is 12.5 Å². The first-order valence-corrected chi connectivity index (χ1v) is 7.70. The molecule has 0 aliphatic carbocycles. The van der Waals surface area contributed by atoms with Gasteiger partial charge in [-0.2, -0.15) is 0 Å². The van der Waals surface area contributed by atoms with Crippen LogP contribution in [0.1, 0.15) is 47.1 Å². The number of amides is 2. The molecule has 0 spiro atoms. The lowest BCUT2D eigenvalue weighted by Crippen LogP contribution is -2.32. The molecule has 0 aliphatic heterocycles. The number of hydrogen-bond donors (Lipinski definition) is 2. The van der Waals surface area contributed by atoms with E-state index in [1.165, 1.54) is 0 Å². The summed E-state index contributed by atoms with van der Waals surface area (Å²) >= 11 is 0. The van der Waals surface area contributed by atoms with E-state index in [2.05, 4.69) is 27.5 Å². The minimum atomic E-state index is -0.549. The van der Waals surface area contributed by atoms with Gasteiger partial charge in [0.1, 0.15) is 5.60 Å². The van der Waals surface area contributed by atoms with E-state index >= 15 is 0 Å². The van der Waals surface area contributed by atoms with Gasteiger partial charge in [-0.05, 0) is 26.8 Å². The maximum absolute atomic E-state index is 12.1. The summed E-state index contributed by atoms with van der Waals surface area (Å²) in [7, 11) is 0. The predicted molar refractivity (Wildman–Crippen MR) is 93.4 cm³/mol. The molecule has 2 N–H and O–H groups in total. The second kappa shape index (κ2) is 7.82. The molecule has 0 unspecified atom stereocenters. The molecule has 0 bridgehead atoms. The quantitative estimate of drug-likeness (QED) is 0.817. The van der Waals surface area contributed by atoms with Crippen molar-refractivity contribution in [3.63, 3.8) is 0 Å². The molecule has 0 fully saturated rings. The van der Waals surface area contributed by atoms with Crippen LogP contribution in [0.4, 0.5) is 10.5 Å². The van der Waals surface area contributed by atoms with Crippen LogP contribution in [0.3, 0.4) is 0 Å². The highest BCUT2D eigenvalue weighted by molar-refractivity contribution is 5.95. The van der Waals surface area contributed by atoms with Gasteiger partial charge in [0.05, 0.1) is 24.0 Å². The van der Waals surface area contributed by atoms with Crippen molar-refractivity contribution in [2.45, 2.75) is 47.1 Å². The summed E-state index contributed by atoms with van der Waals surface area (Å²) < 4.78 is 5.12. The molecule has 0 atom stereocenters. The first kappa shape index (κ1) is 19.5. The highest BCUT2D eigenvalue weighted by Gasteiger charge is 2.21. The molecule has 1 heterocycles. The largest absolute Gasteiger partial charge is 0.444 e. The minimum absolute atomic E-state index is 0.120. The lowest BCUT2D eigenvalue weighted by molar-refractivity contribution is -0.123. The first-order chi connectivity index (χ1) is 11.0.